The van der Waals surface area contributed by atoms with Gasteiger partial charge in [0.1, 0.15) is 0 Å². The summed E-state index contributed by atoms with van der Waals surface area (Å²) in [5.41, 5.74) is 3.85. The van der Waals surface area contributed by atoms with E-state index in [4.69, 9.17) is 4.74 Å². The smallest absolute Gasteiger partial charge is 0.251 e. The fourth-order valence-electron chi connectivity index (χ4n) is 2.76. The van der Waals surface area contributed by atoms with Gasteiger partial charge in [-0.2, -0.15) is 5.10 Å². The van der Waals surface area contributed by atoms with Crippen LogP contribution >= 0.6 is 0 Å². The van der Waals surface area contributed by atoms with E-state index in [0.717, 1.165) is 22.7 Å². The molecule has 2 aromatic rings. The lowest BCUT2D eigenvalue weighted by atomic mass is 10.1. The summed E-state index contributed by atoms with van der Waals surface area (Å²) >= 11 is 0. The fourth-order valence-corrected chi connectivity index (χ4v) is 2.76. The number of aryl methyl sites for hydroxylation is 1. The first-order valence-electron chi connectivity index (χ1n) is 8.09. The minimum absolute atomic E-state index is 0.0760. The standard InChI is InChI=1S/C18H26N4O2/c1-12(2)16-15(18(24-5)22(4)21-16)11-20-10-13-7-6-8-14(9-13)17(23)19-3/h6-9,12,20H,10-11H2,1-5H3,(H,19,23). The summed E-state index contributed by atoms with van der Waals surface area (Å²) in [7, 11) is 5.19. The molecule has 2 rings (SSSR count). The van der Waals surface area contributed by atoms with Crippen LogP contribution in [-0.2, 0) is 20.1 Å². The lowest BCUT2D eigenvalue weighted by Gasteiger charge is -2.10. The van der Waals surface area contributed by atoms with Gasteiger partial charge >= 0.3 is 0 Å². The molecule has 0 saturated carbocycles. The number of rotatable bonds is 7. The Labute approximate surface area is 143 Å². The van der Waals surface area contributed by atoms with Crippen molar-refractivity contribution in [2.24, 2.45) is 7.05 Å². The molecule has 0 atom stereocenters. The van der Waals surface area contributed by atoms with Crippen molar-refractivity contribution in [3.8, 4) is 5.88 Å². The molecule has 0 saturated heterocycles. The zero-order chi connectivity index (χ0) is 17.7. The summed E-state index contributed by atoms with van der Waals surface area (Å²) in [5, 5.41) is 10.6. The number of amides is 1. The number of ether oxygens (including phenoxy) is 1. The second-order valence-electron chi connectivity index (χ2n) is 6.03. The maximum atomic E-state index is 11.7. The quantitative estimate of drug-likeness (QED) is 0.817. The van der Waals surface area contributed by atoms with Crippen LogP contribution in [0, 0.1) is 0 Å². The zero-order valence-electron chi connectivity index (χ0n) is 15.0. The van der Waals surface area contributed by atoms with Gasteiger partial charge in [0, 0.05) is 32.7 Å². The number of benzene rings is 1. The van der Waals surface area contributed by atoms with Gasteiger partial charge in [0.15, 0.2) is 0 Å². The number of nitrogens with zero attached hydrogens (tertiary/aromatic N) is 2. The van der Waals surface area contributed by atoms with E-state index in [-0.39, 0.29) is 5.91 Å². The predicted molar refractivity (Wildman–Crippen MR) is 94.2 cm³/mol. The largest absolute Gasteiger partial charge is 0.481 e. The summed E-state index contributed by atoms with van der Waals surface area (Å²) in [4.78, 5) is 11.7. The summed E-state index contributed by atoms with van der Waals surface area (Å²) in [6.45, 7) is 5.57. The average Bonchev–Trinajstić information content (AvgIpc) is 2.90. The van der Waals surface area contributed by atoms with Gasteiger partial charge in [-0.3, -0.25) is 4.79 Å². The highest BCUT2D eigenvalue weighted by atomic mass is 16.5. The molecule has 0 unspecified atom stereocenters. The van der Waals surface area contributed by atoms with Crippen molar-refractivity contribution in [1.29, 1.82) is 0 Å². The van der Waals surface area contributed by atoms with Crippen molar-refractivity contribution >= 4 is 5.91 Å². The topological polar surface area (TPSA) is 68.2 Å². The second kappa shape index (κ2) is 7.97. The average molecular weight is 330 g/mol. The van der Waals surface area contributed by atoms with E-state index in [9.17, 15) is 4.79 Å². The van der Waals surface area contributed by atoms with Gasteiger partial charge in [-0.1, -0.05) is 26.0 Å². The molecule has 130 valence electrons. The Bertz CT molecular complexity index is 707. The Morgan fingerprint density at radius 1 is 1.33 bits per heavy atom. The Morgan fingerprint density at radius 2 is 2.08 bits per heavy atom. The first-order valence-corrected chi connectivity index (χ1v) is 8.09. The number of nitrogens with one attached hydrogen (secondary N) is 2. The van der Waals surface area contributed by atoms with Gasteiger partial charge in [-0.15, -0.1) is 0 Å². The molecule has 1 heterocycles. The van der Waals surface area contributed by atoms with Crippen LogP contribution in [0.1, 0.15) is 46.9 Å². The van der Waals surface area contributed by atoms with Crippen LogP contribution in [0.5, 0.6) is 5.88 Å². The molecule has 0 bridgehead atoms. The van der Waals surface area contributed by atoms with Gasteiger partial charge in [-0.05, 0) is 23.6 Å². The van der Waals surface area contributed by atoms with Crippen LogP contribution in [-0.4, -0.2) is 29.8 Å². The molecule has 0 aliphatic rings. The van der Waals surface area contributed by atoms with Crippen LogP contribution < -0.4 is 15.4 Å². The molecular weight excluding hydrogens is 304 g/mol. The van der Waals surface area contributed by atoms with E-state index < -0.39 is 0 Å². The van der Waals surface area contributed by atoms with Crippen molar-refractivity contribution in [2.45, 2.75) is 32.9 Å². The lowest BCUT2D eigenvalue weighted by Crippen LogP contribution is -2.19. The van der Waals surface area contributed by atoms with Crippen molar-refractivity contribution in [1.82, 2.24) is 20.4 Å². The third kappa shape index (κ3) is 3.94. The highest BCUT2D eigenvalue weighted by Gasteiger charge is 2.18. The monoisotopic (exact) mass is 330 g/mol. The minimum atomic E-state index is -0.0760. The Hall–Kier alpha value is -2.34. The number of carbonyl (C=O) groups excluding carboxylic acids is 1. The minimum Gasteiger partial charge on any atom is -0.481 e. The van der Waals surface area contributed by atoms with Gasteiger partial charge < -0.3 is 15.4 Å². The first-order chi connectivity index (χ1) is 11.5. The molecule has 0 aliphatic carbocycles. The van der Waals surface area contributed by atoms with Crippen molar-refractivity contribution in [3.05, 3.63) is 46.6 Å². The molecule has 6 nitrogen and oxygen atoms in total. The van der Waals surface area contributed by atoms with E-state index in [1.165, 1.54) is 0 Å². The lowest BCUT2D eigenvalue weighted by molar-refractivity contribution is 0.0963. The number of carbonyl (C=O) groups is 1. The van der Waals surface area contributed by atoms with E-state index >= 15 is 0 Å². The van der Waals surface area contributed by atoms with Crippen molar-refractivity contribution in [2.75, 3.05) is 14.2 Å². The summed E-state index contributed by atoms with van der Waals surface area (Å²) in [5.74, 6) is 1.03. The molecule has 0 fully saturated rings. The number of methoxy groups -OCH3 is 1. The third-order valence-electron chi connectivity index (χ3n) is 3.91. The normalized spacial score (nSPS) is 10.9. The van der Waals surface area contributed by atoms with Gasteiger partial charge in [0.05, 0.1) is 18.4 Å². The van der Waals surface area contributed by atoms with Crippen LogP contribution in [0.3, 0.4) is 0 Å². The maximum Gasteiger partial charge on any atom is 0.251 e. The van der Waals surface area contributed by atoms with Crippen LogP contribution in [0.4, 0.5) is 0 Å². The number of hydrogen-bond donors (Lipinski definition) is 2. The molecule has 1 amide bonds. The number of hydrogen-bond acceptors (Lipinski definition) is 4. The highest BCUT2D eigenvalue weighted by Crippen LogP contribution is 2.26. The zero-order valence-corrected chi connectivity index (χ0v) is 15.0. The molecule has 0 radical (unpaired) electrons. The molecule has 24 heavy (non-hydrogen) atoms. The molecule has 1 aromatic carbocycles. The summed E-state index contributed by atoms with van der Waals surface area (Å²) in [6, 6.07) is 7.61. The summed E-state index contributed by atoms with van der Waals surface area (Å²) in [6.07, 6.45) is 0. The third-order valence-corrected chi connectivity index (χ3v) is 3.91. The molecule has 0 spiro atoms. The Morgan fingerprint density at radius 3 is 2.71 bits per heavy atom. The predicted octanol–water partition coefficient (Wildman–Crippen LogP) is 2.20. The van der Waals surface area contributed by atoms with Gasteiger partial charge in [-0.25, -0.2) is 4.68 Å². The van der Waals surface area contributed by atoms with Crippen LogP contribution in [0.25, 0.3) is 0 Å². The van der Waals surface area contributed by atoms with E-state index in [2.05, 4.69) is 29.6 Å². The molecule has 6 heteroatoms. The van der Waals surface area contributed by atoms with Gasteiger partial charge in [0.25, 0.3) is 5.91 Å². The second-order valence-corrected chi connectivity index (χ2v) is 6.03. The molecule has 2 N–H and O–H groups in total. The molecule has 0 aliphatic heterocycles. The molecule has 1 aromatic heterocycles. The highest BCUT2D eigenvalue weighted by molar-refractivity contribution is 5.94. The van der Waals surface area contributed by atoms with E-state index in [1.807, 2.05) is 31.3 Å². The van der Waals surface area contributed by atoms with Crippen LogP contribution in [0.2, 0.25) is 0 Å². The Balaban J connectivity index is 2.08. The van der Waals surface area contributed by atoms with E-state index in [0.29, 0.717) is 24.6 Å². The van der Waals surface area contributed by atoms with Crippen molar-refractivity contribution < 1.29 is 9.53 Å². The SMILES string of the molecule is CNC(=O)c1cccc(CNCc2c(C(C)C)nn(C)c2OC)c1. The fraction of sp³-hybridized carbons (Fsp3) is 0.444. The van der Waals surface area contributed by atoms with Gasteiger partial charge in [0.2, 0.25) is 5.88 Å². The van der Waals surface area contributed by atoms with E-state index in [1.54, 1.807) is 18.8 Å². The first kappa shape index (κ1) is 18.0. The summed E-state index contributed by atoms with van der Waals surface area (Å²) < 4.78 is 7.26. The number of aromatic nitrogens is 2. The maximum absolute atomic E-state index is 11.7. The van der Waals surface area contributed by atoms with Crippen LogP contribution in [0.15, 0.2) is 24.3 Å². The van der Waals surface area contributed by atoms with Crippen molar-refractivity contribution in [3.63, 3.8) is 0 Å². The molecular formula is C18H26N4O2. The Kier molecular flexibility index (Phi) is 5.98.